The number of rotatable bonds is 5. The summed E-state index contributed by atoms with van der Waals surface area (Å²) in [7, 11) is -2.29. The summed E-state index contributed by atoms with van der Waals surface area (Å²) in [5.74, 6) is -1.69. The summed E-state index contributed by atoms with van der Waals surface area (Å²) in [6, 6.07) is 8.24. The number of hydrogen-bond donors (Lipinski definition) is 3. The zero-order valence-corrected chi connectivity index (χ0v) is 17.9. The van der Waals surface area contributed by atoms with E-state index in [1.807, 2.05) is 6.07 Å². The monoisotopic (exact) mass is 432 g/mol. The molecule has 4 rings (SSSR count). The van der Waals surface area contributed by atoms with Gasteiger partial charge in [0.2, 0.25) is 5.44 Å². The molecule has 6 nitrogen and oxygen atoms in total. The minimum atomic E-state index is -2.89. The Kier molecular flexibility index (Phi) is 5.66. The highest BCUT2D eigenvalue weighted by Crippen LogP contribution is 2.53. The first kappa shape index (κ1) is 21.0. The largest absolute Gasteiger partial charge is 0.365 e. The van der Waals surface area contributed by atoms with Crippen molar-refractivity contribution in [1.82, 2.24) is 20.3 Å². The van der Waals surface area contributed by atoms with Crippen molar-refractivity contribution in [2.75, 3.05) is 30.7 Å². The molecule has 3 N–H and O–H groups in total. The molecule has 1 aliphatic heterocycles. The van der Waals surface area contributed by atoms with Crippen molar-refractivity contribution < 1.29 is 13.7 Å². The molecule has 0 aliphatic carbocycles. The number of alkyl halides is 2. The van der Waals surface area contributed by atoms with Crippen molar-refractivity contribution >= 4 is 29.6 Å². The molecule has 30 heavy (non-hydrogen) atoms. The van der Waals surface area contributed by atoms with Crippen LogP contribution >= 0.6 is 7.49 Å². The number of nitrogens with one attached hydrogen (secondary N) is 2. The average molecular weight is 432 g/mol. The maximum atomic E-state index is 13.6. The SMILES string of the molecule is Cc1nc(NCc2cccc(C(C)(F)F)c2)c2cc([P+]3(O)CCNCC3)ncc2n1. The van der Waals surface area contributed by atoms with Gasteiger partial charge in [0.25, 0.3) is 5.92 Å². The first-order valence-corrected chi connectivity index (χ1v) is 12.0. The van der Waals surface area contributed by atoms with E-state index in [0.29, 0.717) is 41.5 Å². The van der Waals surface area contributed by atoms with Gasteiger partial charge in [0.1, 0.15) is 24.0 Å². The van der Waals surface area contributed by atoms with Gasteiger partial charge in [-0.3, -0.25) is 0 Å². The predicted octanol–water partition coefficient (Wildman–Crippen LogP) is 3.21. The number of benzene rings is 1. The van der Waals surface area contributed by atoms with Crippen LogP contribution < -0.4 is 16.1 Å². The third-order valence-electron chi connectivity index (χ3n) is 5.32. The summed E-state index contributed by atoms with van der Waals surface area (Å²) in [6.07, 6.45) is 3.07. The van der Waals surface area contributed by atoms with Crippen molar-refractivity contribution in [2.24, 2.45) is 0 Å². The minimum absolute atomic E-state index is 0.0186. The van der Waals surface area contributed by atoms with Gasteiger partial charge in [-0.2, -0.15) is 0 Å². The van der Waals surface area contributed by atoms with E-state index in [9.17, 15) is 13.7 Å². The van der Waals surface area contributed by atoms with Crippen molar-refractivity contribution in [2.45, 2.75) is 26.3 Å². The quantitative estimate of drug-likeness (QED) is 0.537. The standard InChI is InChI=1S/C21H25F2N5OP/c1-14-27-18-13-25-19(30(29)8-6-24-7-9-30)11-17(18)20(28-14)26-12-15-4-3-5-16(10-15)21(2,22)23/h3-5,10-11,13,24,29H,6-9,12H2,1-2H3,(H,26,27,28)/q+1. The molecule has 1 saturated heterocycles. The molecule has 2 aromatic heterocycles. The van der Waals surface area contributed by atoms with E-state index in [1.54, 1.807) is 25.3 Å². The van der Waals surface area contributed by atoms with Crippen LogP contribution in [0.2, 0.25) is 0 Å². The Morgan fingerprint density at radius 2 is 1.97 bits per heavy atom. The predicted molar refractivity (Wildman–Crippen MR) is 117 cm³/mol. The van der Waals surface area contributed by atoms with Crippen LogP contribution in [0.4, 0.5) is 14.6 Å². The molecule has 0 spiro atoms. The number of fused-ring (bicyclic) bond motifs is 1. The molecule has 3 heterocycles. The lowest BCUT2D eigenvalue weighted by Gasteiger charge is -2.24. The van der Waals surface area contributed by atoms with E-state index in [1.165, 1.54) is 12.1 Å². The van der Waals surface area contributed by atoms with Crippen LogP contribution in [0.5, 0.6) is 0 Å². The molecule has 1 aliphatic rings. The second kappa shape index (κ2) is 8.10. The van der Waals surface area contributed by atoms with Crippen LogP contribution in [-0.2, 0) is 12.5 Å². The number of anilines is 1. The van der Waals surface area contributed by atoms with Gasteiger partial charge < -0.3 is 10.6 Å². The summed E-state index contributed by atoms with van der Waals surface area (Å²) >= 11 is 0. The van der Waals surface area contributed by atoms with Crippen LogP contribution in [0.25, 0.3) is 10.9 Å². The van der Waals surface area contributed by atoms with Crippen LogP contribution in [0.3, 0.4) is 0 Å². The van der Waals surface area contributed by atoms with Gasteiger partial charge in [0.15, 0.2) is 7.49 Å². The lowest BCUT2D eigenvalue weighted by atomic mass is 10.1. The minimum Gasteiger partial charge on any atom is -0.365 e. The first-order chi connectivity index (χ1) is 14.2. The Labute approximate surface area is 174 Å². The fraction of sp³-hybridized carbons (Fsp3) is 0.381. The Morgan fingerprint density at radius 3 is 2.70 bits per heavy atom. The second-order valence-electron chi connectivity index (χ2n) is 7.74. The first-order valence-electron chi connectivity index (χ1n) is 9.91. The smallest absolute Gasteiger partial charge is 0.270 e. The molecule has 9 heteroatoms. The van der Waals surface area contributed by atoms with E-state index in [4.69, 9.17) is 0 Å². The third kappa shape index (κ3) is 4.41. The molecule has 0 amide bonds. The Bertz CT molecular complexity index is 1070. The van der Waals surface area contributed by atoms with E-state index in [2.05, 4.69) is 25.6 Å². The maximum absolute atomic E-state index is 13.6. The molecule has 1 fully saturated rings. The number of pyridine rings is 1. The molecule has 0 saturated carbocycles. The fourth-order valence-electron chi connectivity index (χ4n) is 3.63. The lowest BCUT2D eigenvalue weighted by Crippen LogP contribution is -2.36. The highest BCUT2D eigenvalue weighted by molar-refractivity contribution is 7.77. The molecular weight excluding hydrogens is 407 g/mol. The summed E-state index contributed by atoms with van der Waals surface area (Å²) in [6.45, 7) is 4.58. The van der Waals surface area contributed by atoms with Gasteiger partial charge in [-0.25, -0.2) is 28.6 Å². The van der Waals surface area contributed by atoms with E-state index < -0.39 is 13.4 Å². The molecular formula is C21H25F2N5OP+. The normalized spacial score (nSPS) is 16.6. The lowest BCUT2D eigenvalue weighted by molar-refractivity contribution is 0.0174. The van der Waals surface area contributed by atoms with Crippen molar-refractivity contribution in [1.29, 1.82) is 0 Å². The van der Waals surface area contributed by atoms with Gasteiger partial charge in [-0.05, 0) is 18.6 Å². The van der Waals surface area contributed by atoms with Gasteiger partial charge in [0, 0.05) is 43.6 Å². The number of halogens is 2. The number of aryl methyl sites for hydroxylation is 1. The zero-order valence-electron chi connectivity index (χ0n) is 17.0. The van der Waals surface area contributed by atoms with Gasteiger partial charge in [-0.15, -0.1) is 0 Å². The highest BCUT2D eigenvalue weighted by Gasteiger charge is 2.41. The molecule has 0 unspecified atom stereocenters. The molecule has 0 atom stereocenters. The Hall–Kier alpha value is -2.28. The van der Waals surface area contributed by atoms with Crippen LogP contribution in [-0.4, -0.2) is 45.3 Å². The molecule has 158 valence electrons. The molecule has 0 bridgehead atoms. The molecule has 1 aromatic carbocycles. The summed E-state index contributed by atoms with van der Waals surface area (Å²) < 4.78 is 27.3. The summed E-state index contributed by atoms with van der Waals surface area (Å²) in [5.41, 5.74) is 2.11. The molecule has 3 aromatic rings. The summed E-state index contributed by atoms with van der Waals surface area (Å²) in [5, 5.41) is 7.30. The highest BCUT2D eigenvalue weighted by atomic mass is 31.2. The third-order valence-corrected chi connectivity index (χ3v) is 8.34. The Balaban J connectivity index is 1.65. The van der Waals surface area contributed by atoms with Crippen molar-refractivity contribution in [3.63, 3.8) is 0 Å². The molecule has 0 radical (unpaired) electrons. The maximum Gasteiger partial charge on any atom is 0.270 e. The van der Waals surface area contributed by atoms with Crippen LogP contribution in [0.15, 0.2) is 36.5 Å². The number of aromatic nitrogens is 3. The number of hydrogen-bond acceptors (Lipinski definition) is 6. The van der Waals surface area contributed by atoms with E-state index >= 15 is 0 Å². The van der Waals surface area contributed by atoms with E-state index in [-0.39, 0.29) is 5.56 Å². The Morgan fingerprint density at radius 1 is 1.20 bits per heavy atom. The van der Waals surface area contributed by atoms with Crippen molar-refractivity contribution in [3.8, 4) is 0 Å². The van der Waals surface area contributed by atoms with Gasteiger partial charge in [-0.1, -0.05) is 18.2 Å². The van der Waals surface area contributed by atoms with Crippen LogP contribution in [0.1, 0.15) is 23.9 Å². The summed E-state index contributed by atoms with van der Waals surface area (Å²) in [4.78, 5) is 24.6. The van der Waals surface area contributed by atoms with Crippen molar-refractivity contribution in [3.05, 3.63) is 53.5 Å². The van der Waals surface area contributed by atoms with Crippen LogP contribution in [0, 0.1) is 6.92 Å². The van der Waals surface area contributed by atoms with E-state index in [0.717, 1.165) is 31.0 Å². The zero-order chi connectivity index (χ0) is 21.4. The number of nitrogens with zero attached hydrogens (tertiary/aromatic N) is 3. The fourth-order valence-corrected chi connectivity index (χ4v) is 6.01. The average Bonchev–Trinajstić information content (AvgIpc) is 2.72. The van der Waals surface area contributed by atoms with Gasteiger partial charge in [0.05, 0.1) is 11.7 Å². The topological polar surface area (TPSA) is 83.0 Å². The second-order valence-corrected chi connectivity index (χ2v) is 10.9. The van der Waals surface area contributed by atoms with Gasteiger partial charge >= 0.3 is 0 Å².